The van der Waals surface area contributed by atoms with Gasteiger partial charge in [-0.2, -0.15) is 0 Å². The molecule has 0 aliphatic rings. The van der Waals surface area contributed by atoms with Gasteiger partial charge in [0.15, 0.2) is 5.82 Å². The summed E-state index contributed by atoms with van der Waals surface area (Å²) in [4.78, 5) is 8.17. The zero-order valence-corrected chi connectivity index (χ0v) is 8.09. The van der Waals surface area contributed by atoms with Gasteiger partial charge in [-0.1, -0.05) is 13.8 Å². The van der Waals surface area contributed by atoms with Crippen molar-refractivity contribution in [3.8, 4) is 0 Å². The summed E-state index contributed by atoms with van der Waals surface area (Å²) in [6, 6.07) is 0. The summed E-state index contributed by atoms with van der Waals surface area (Å²) in [7, 11) is 0. The molecule has 0 unspecified atom stereocenters. The number of hydrogen-bond acceptors (Lipinski definition) is 3. The minimum absolute atomic E-state index is 0.388. The fourth-order valence-electron chi connectivity index (χ4n) is 0.667. The predicted octanol–water partition coefficient (Wildman–Crippen LogP) is 1.94. The van der Waals surface area contributed by atoms with Gasteiger partial charge in [-0.3, -0.25) is 0 Å². The Morgan fingerprint density at radius 2 is 2.18 bits per heavy atom. The van der Waals surface area contributed by atoms with Crippen molar-refractivity contribution >= 4 is 21.7 Å². The average Bonchev–Trinajstić information content (AvgIpc) is 1.94. The first-order valence-electron chi connectivity index (χ1n) is 3.39. The Morgan fingerprint density at radius 3 is 2.64 bits per heavy atom. The molecule has 11 heavy (non-hydrogen) atoms. The second kappa shape index (κ2) is 3.17. The number of aromatic nitrogens is 2. The van der Waals surface area contributed by atoms with Gasteiger partial charge in [0.25, 0.3) is 0 Å². The molecule has 1 rings (SSSR count). The maximum absolute atomic E-state index is 5.47. The Hall–Kier alpha value is -0.640. The normalized spacial score (nSPS) is 10.5. The van der Waals surface area contributed by atoms with Crippen LogP contribution in [0.1, 0.15) is 25.5 Å². The molecule has 1 aromatic rings. The highest BCUT2D eigenvalue weighted by Crippen LogP contribution is 2.17. The first kappa shape index (κ1) is 8.46. The Morgan fingerprint density at radius 1 is 1.55 bits per heavy atom. The van der Waals surface area contributed by atoms with Gasteiger partial charge in [-0.25, -0.2) is 9.97 Å². The van der Waals surface area contributed by atoms with Gasteiger partial charge in [0.1, 0.15) is 4.60 Å². The van der Waals surface area contributed by atoms with E-state index in [1.54, 1.807) is 6.20 Å². The quantitative estimate of drug-likeness (QED) is 0.780. The molecule has 0 radical (unpaired) electrons. The lowest BCUT2D eigenvalue weighted by Gasteiger charge is -2.04. The van der Waals surface area contributed by atoms with E-state index < -0.39 is 0 Å². The fourth-order valence-corrected chi connectivity index (χ4v) is 0.974. The first-order chi connectivity index (χ1) is 5.11. The molecule has 0 spiro atoms. The van der Waals surface area contributed by atoms with Crippen LogP contribution in [0.25, 0.3) is 0 Å². The van der Waals surface area contributed by atoms with Crippen molar-refractivity contribution in [2.45, 2.75) is 19.8 Å². The topological polar surface area (TPSA) is 51.8 Å². The lowest BCUT2D eigenvalue weighted by Crippen LogP contribution is -1.99. The van der Waals surface area contributed by atoms with Crippen LogP contribution >= 0.6 is 15.9 Å². The van der Waals surface area contributed by atoms with E-state index >= 15 is 0 Å². The van der Waals surface area contributed by atoms with Crippen molar-refractivity contribution in [1.82, 2.24) is 9.97 Å². The summed E-state index contributed by atoms with van der Waals surface area (Å²) in [5.41, 5.74) is 6.42. The minimum Gasteiger partial charge on any atom is -0.381 e. The van der Waals surface area contributed by atoms with Gasteiger partial charge >= 0.3 is 0 Å². The molecule has 2 N–H and O–H groups in total. The van der Waals surface area contributed by atoms with Crippen molar-refractivity contribution in [1.29, 1.82) is 0 Å². The van der Waals surface area contributed by atoms with Crippen LogP contribution in [-0.4, -0.2) is 9.97 Å². The summed E-state index contributed by atoms with van der Waals surface area (Å²) >= 11 is 3.22. The predicted molar refractivity (Wildman–Crippen MR) is 48.2 cm³/mol. The molecule has 0 amide bonds. The van der Waals surface area contributed by atoms with Crippen molar-refractivity contribution in [3.05, 3.63) is 16.5 Å². The van der Waals surface area contributed by atoms with Crippen LogP contribution in [0.3, 0.4) is 0 Å². The Kier molecular flexibility index (Phi) is 2.44. The Balaban J connectivity index is 3.05. The molecule has 1 heterocycles. The van der Waals surface area contributed by atoms with Gasteiger partial charge in [-0.05, 0) is 21.8 Å². The van der Waals surface area contributed by atoms with E-state index in [1.165, 1.54) is 0 Å². The average molecular weight is 216 g/mol. The number of halogens is 1. The number of nitrogen functional groups attached to an aromatic ring is 1. The number of anilines is 1. The van der Waals surface area contributed by atoms with E-state index in [-0.39, 0.29) is 0 Å². The Labute approximate surface area is 74.2 Å². The smallest absolute Gasteiger partial charge is 0.156 e. The van der Waals surface area contributed by atoms with Gasteiger partial charge in [0.2, 0.25) is 0 Å². The van der Waals surface area contributed by atoms with Crippen molar-refractivity contribution in [2.24, 2.45) is 0 Å². The second-order valence-corrected chi connectivity index (χ2v) is 3.38. The molecule has 4 heteroatoms. The molecule has 0 saturated heterocycles. The molecule has 0 bridgehead atoms. The van der Waals surface area contributed by atoms with Gasteiger partial charge in [-0.15, -0.1) is 0 Å². The van der Waals surface area contributed by atoms with Crippen molar-refractivity contribution in [2.75, 3.05) is 5.73 Å². The molecule has 1 aromatic heterocycles. The molecule has 3 nitrogen and oxygen atoms in total. The molecule has 0 atom stereocenters. The fraction of sp³-hybridized carbons (Fsp3) is 0.429. The molecule has 0 fully saturated rings. The van der Waals surface area contributed by atoms with Gasteiger partial charge < -0.3 is 5.73 Å². The van der Waals surface area contributed by atoms with E-state index in [1.807, 2.05) is 0 Å². The summed E-state index contributed by atoms with van der Waals surface area (Å²) in [6.45, 7) is 4.12. The van der Waals surface area contributed by atoms with E-state index in [0.29, 0.717) is 16.3 Å². The van der Waals surface area contributed by atoms with E-state index in [2.05, 4.69) is 39.7 Å². The van der Waals surface area contributed by atoms with Crippen LogP contribution < -0.4 is 5.73 Å². The lowest BCUT2D eigenvalue weighted by molar-refractivity contribution is 0.808. The van der Waals surface area contributed by atoms with Crippen molar-refractivity contribution in [3.63, 3.8) is 0 Å². The third kappa shape index (κ3) is 1.89. The first-order valence-corrected chi connectivity index (χ1v) is 4.18. The summed E-state index contributed by atoms with van der Waals surface area (Å²) in [5, 5.41) is 0. The molecule has 0 aromatic carbocycles. The highest BCUT2D eigenvalue weighted by atomic mass is 79.9. The van der Waals surface area contributed by atoms with Crippen LogP contribution in [-0.2, 0) is 0 Å². The minimum atomic E-state index is 0.388. The van der Waals surface area contributed by atoms with Crippen molar-refractivity contribution < 1.29 is 0 Å². The third-order valence-corrected chi connectivity index (χ3v) is 1.95. The van der Waals surface area contributed by atoms with Crippen LogP contribution in [0.4, 0.5) is 5.82 Å². The van der Waals surface area contributed by atoms with Gasteiger partial charge in [0.05, 0.1) is 11.9 Å². The van der Waals surface area contributed by atoms with E-state index in [0.717, 1.165) is 5.69 Å². The highest BCUT2D eigenvalue weighted by Gasteiger charge is 2.03. The molecular formula is C7H10BrN3. The maximum atomic E-state index is 5.47. The highest BCUT2D eigenvalue weighted by molar-refractivity contribution is 9.10. The molecule has 60 valence electrons. The van der Waals surface area contributed by atoms with Crippen LogP contribution in [0.2, 0.25) is 0 Å². The monoisotopic (exact) mass is 215 g/mol. The van der Waals surface area contributed by atoms with Gasteiger partial charge in [0, 0.05) is 0 Å². The van der Waals surface area contributed by atoms with Crippen LogP contribution in [0.5, 0.6) is 0 Å². The zero-order valence-electron chi connectivity index (χ0n) is 6.50. The number of nitrogens with two attached hydrogens (primary N) is 1. The summed E-state index contributed by atoms with van der Waals surface area (Å²) < 4.78 is 0.628. The number of hydrogen-bond donors (Lipinski definition) is 1. The zero-order chi connectivity index (χ0) is 8.43. The number of nitrogens with zero attached hydrogens (tertiary/aromatic N) is 2. The molecule has 0 aliphatic carbocycles. The summed E-state index contributed by atoms with van der Waals surface area (Å²) in [6.07, 6.45) is 1.70. The maximum Gasteiger partial charge on any atom is 0.156 e. The SMILES string of the molecule is CC(C)c1cnc(N)c(Br)n1. The molecule has 0 saturated carbocycles. The molecule has 0 aliphatic heterocycles. The second-order valence-electron chi connectivity index (χ2n) is 2.63. The number of rotatable bonds is 1. The largest absolute Gasteiger partial charge is 0.381 e. The molecular weight excluding hydrogens is 206 g/mol. The summed E-state index contributed by atoms with van der Waals surface area (Å²) in [5.74, 6) is 0.828. The lowest BCUT2D eigenvalue weighted by atomic mass is 10.1. The van der Waals surface area contributed by atoms with E-state index in [4.69, 9.17) is 5.73 Å². The third-order valence-electron chi connectivity index (χ3n) is 1.37. The Bertz CT molecular complexity index is 260. The van der Waals surface area contributed by atoms with Crippen LogP contribution in [0, 0.1) is 0 Å². The standard InChI is InChI=1S/C7H10BrN3/c1-4(2)5-3-10-7(9)6(8)11-5/h3-4H,1-2H3,(H2,9,10). The van der Waals surface area contributed by atoms with E-state index in [9.17, 15) is 0 Å². The van der Waals surface area contributed by atoms with Crippen LogP contribution in [0.15, 0.2) is 10.8 Å².